The van der Waals surface area contributed by atoms with Crippen molar-refractivity contribution in [1.82, 2.24) is 0 Å². The molecule has 0 amide bonds. The molecule has 0 saturated carbocycles. The maximum Gasteiger partial charge on any atom is 0.161 e. The smallest absolute Gasteiger partial charge is 0.161 e. The van der Waals surface area contributed by atoms with Crippen LogP contribution in [0, 0.1) is 5.82 Å². The SMILES string of the molecule is COc1ccccc1OCCC(CN)c1ccccc1F. The van der Waals surface area contributed by atoms with Crippen LogP contribution in [0.4, 0.5) is 4.39 Å². The summed E-state index contributed by atoms with van der Waals surface area (Å²) in [4.78, 5) is 0. The summed E-state index contributed by atoms with van der Waals surface area (Å²) < 4.78 is 24.7. The third-order valence-electron chi connectivity index (χ3n) is 3.42. The first-order chi connectivity index (χ1) is 10.3. The van der Waals surface area contributed by atoms with Gasteiger partial charge in [-0.25, -0.2) is 4.39 Å². The van der Waals surface area contributed by atoms with Gasteiger partial charge < -0.3 is 15.2 Å². The first-order valence-corrected chi connectivity index (χ1v) is 6.96. The lowest BCUT2D eigenvalue weighted by atomic mass is 9.96. The van der Waals surface area contributed by atoms with Gasteiger partial charge in [0.25, 0.3) is 0 Å². The molecule has 0 fully saturated rings. The van der Waals surface area contributed by atoms with Crippen molar-refractivity contribution in [1.29, 1.82) is 0 Å². The monoisotopic (exact) mass is 289 g/mol. The van der Waals surface area contributed by atoms with Gasteiger partial charge in [0.05, 0.1) is 13.7 Å². The Bertz CT molecular complexity index is 574. The number of methoxy groups -OCH3 is 1. The topological polar surface area (TPSA) is 44.5 Å². The molecule has 0 spiro atoms. The maximum atomic E-state index is 13.8. The van der Waals surface area contributed by atoms with Gasteiger partial charge in [0.15, 0.2) is 11.5 Å². The zero-order chi connectivity index (χ0) is 15.1. The van der Waals surface area contributed by atoms with Gasteiger partial charge in [0.1, 0.15) is 5.82 Å². The predicted molar refractivity (Wildman–Crippen MR) is 81.3 cm³/mol. The number of nitrogens with two attached hydrogens (primary N) is 1. The molecule has 1 atom stereocenters. The molecule has 21 heavy (non-hydrogen) atoms. The summed E-state index contributed by atoms with van der Waals surface area (Å²) in [7, 11) is 1.60. The highest BCUT2D eigenvalue weighted by molar-refractivity contribution is 5.39. The zero-order valence-corrected chi connectivity index (χ0v) is 12.1. The molecule has 2 aromatic rings. The van der Waals surface area contributed by atoms with Crippen molar-refractivity contribution in [3.63, 3.8) is 0 Å². The van der Waals surface area contributed by atoms with Gasteiger partial charge in [-0.05, 0) is 36.7 Å². The molecule has 0 saturated heterocycles. The Morgan fingerprint density at radius 1 is 1.05 bits per heavy atom. The van der Waals surface area contributed by atoms with Crippen LogP contribution < -0.4 is 15.2 Å². The molecule has 0 aliphatic heterocycles. The van der Waals surface area contributed by atoms with E-state index in [2.05, 4.69) is 0 Å². The lowest BCUT2D eigenvalue weighted by molar-refractivity contribution is 0.279. The van der Waals surface area contributed by atoms with Crippen molar-refractivity contribution < 1.29 is 13.9 Å². The highest BCUT2D eigenvalue weighted by atomic mass is 19.1. The Kier molecular flexibility index (Phi) is 5.58. The van der Waals surface area contributed by atoms with Gasteiger partial charge in [0.2, 0.25) is 0 Å². The van der Waals surface area contributed by atoms with Gasteiger partial charge in [0, 0.05) is 5.92 Å². The van der Waals surface area contributed by atoms with Crippen molar-refractivity contribution in [2.24, 2.45) is 5.73 Å². The minimum absolute atomic E-state index is 0.0547. The van der Waals surface area contributed by atoms with E-state index in [1.54, 1.807) is 19.2 Å². The Morgan fingerprint density at radius 2 is 1.71 bits per heavy atom. The quantitative estimate of drug-likeness (QED) is 0.850. The van der Waals surface area contributed by atoms with Crippen molar-refractivity contribution in [3.05, 3.63) is 59.9 Å². The third-order valence-corrected chi connectivity index (χ3v) is 3.42. The Balaban J connectivity index is 1.97. The summed E-state index contributed by atoms with van der Waals surface area (Å²) in [6.07, 6.45) is 0.648. The van der Waals surface area contributed by atoms with Gasteiger partial charge in [-0.15, -0.1) is 0 Å². The molecule has 2 rings (SSSR count). The molecule has 3 nitrogen and oxygen atoms in total. The number of halogens is 1. The summed E-state index contributed by atoms with van der Waals surface area (Å²) in [6.45, 7) is 0.840. The molecular weight excluding hydrogens is 269 g/mol. The van der Waals surface area contributed by atoms with E-state index in [-0.39, 0.29) is 11.7 Å². The molecule has 0 heterocycles. The highest BCUT2D eigenvalue weighted by Crippen LogP contribution is 2.27. The second-order valence-electron chi connectivity index (χ2n) is 4.74. The molecule has 112 valence electrons. The minimum Gasteiger partial charge on any atom is -0.493 e. The first-order valence-electron chi connectivity index (χ1n) is 6.96. The van der Waals surface area contributed by atoms with Crippen LogP contribution in [0.2, 0.25) is 0 Å². The van der Waals surface area contributed by atoms with E-state index in [9.17, 15) is 4.39 Å². The molecule has 1 unspecified atom stereocenters. The number of para-hydroxylation sites is 2. The summed E-state index contributed by atoms with van der Waals surface area (Å²) in [5, 5.41) is 0. The lowest BCUT2D eigenvalue weighted by Gasteiger charge is -2.17. The Labute approximate surface area is 124 Å². The molecule has 2 aromatic carbocycles. The van der Waals surface area contributed by atoms with Crippen LogP contribution in [0.5, 0.6) is 11.5 Å². The van der Waals surface area contributed by atoms with E-state index < -0.39 is 0 Å². The average Bonchev–Trinajstić information content (AvgIpc) is 2.53. The average molecular weight is 289 g/mol. The number of rotatable bonds is 7. The van der Waals surface area contributed by atoms with Crippen LogP contribution in [-0.2, 0) is 0 Å². The molecule has 0 aliphatic rings. The fourth-order valence-electron chi connectivity index (χ4n) is 2.26. The second kappa shape index (κ2) is 7.64. The number of hydrogen-bond acceptors (Lipinski definition) is 3. The number of hydrogen-bond donors (Lipinski definition) is 1. The van der Waals surface area contributed by atoms with Crippen molar-refractivity contribution in [2.45, 2.75) is 12.3 Å². The summed E-state index contributed by atoms with van der Waals surface area (Å²) in [6, 6.07) is 14.2. The third kappa shape index (κ3) is 3.95. The molecule has 2 N–H and O–H groups in total. The summed E-state index contributed by atoms with van der Waals surface area (Å²) in [5.41, 5.74) is 6.40. The normalized spacial score (nSPS) is 12.0. The van der Waals surface area contributed by atoms with Crippen LogP contribution in [0.15, 0.2) is 48.5 Å². The summed E-state index contributed by atoms with van der Waals surface area (Å²) >= 11 is 0. The van der Waals surface area contributed by atoms with Gasteiger partial charge >= 0.3 is 0 Å². The number of ether oxygens (including phenoxy) is 2. The van der Waals surface area contributed by atoms with Gasteiger partial charge in [-0.2, -0.15) is 0 Å². The van der Waals surface area contributed by atoms with Crippen LogP contribution in [-0.4, -0.2) is 20.3 Å². The van der Waals surface area contributed by atoms with E-state index in [0.717, 1.165) is 0 Å². The molecule has 0 aliphatic carbocycles. The largest absolute Gasteiger partial charge is 0.493 e. The number of benzene rings is 2. The Hall–Kier alpha value is -2.07. The van der Waals surface area contributed by atoms with Crippen molar-refractivity contribution >= 4 is 0 Å². The van der Waals surface area contributed by atoms with E-state index in [0.29, 0.717) is 36.6 Å². The minimum atomic E-state index is -0.217. The van der Waals surface area contributed by atoms with Crippen molar-refractivity contribution in [2.75, 3.05) is 20.3 Å². The first kappa shape index (κ1) is 15.3. The fourth-order valence-corrected chi connectivity index (χ4v) is 2.26. The van der Waals surface area contributed by atoms with Gasteiger partial charge in [-0.3, -0.25) is 0 Å². The predicted octanol–water partition coefficient (Wildman–Crippen LogP) is 3.35. The maximum absolute atomic E-state index is 13.8. The highest BCUT2D eigenvalue weighted by Gasteiger charge is 2.14. The van der Waals surface area contributed by atoms with E-state index in [4.69, 9.17) is 15.2 Å². The Morgan fingerprint density at radius 3 is 2.38 bits per heavy atom. The van der Waals surface area contributed by atoms with Gasteiger partial charge in [-0.1, -0.05) is 30.3 Å². The lowest BCUT2D eigenvalue weighted by Crippen LogP contribution is -2.17. The molecule has 0 aromatic heterocycles. The molecular formula is C17H20FNO2. The van der Waals surface area contributed by atoms with E-state index in [1.807, 2.05) is 30.3 Å². The fraction of sp³-hybridized carbons (Fsp3) is 0.294. The molecule has 0 bridgehead atoms. The molecule has 4 heteroatoms. The van der Waals surface area contributed by atoms with Crippen LogP contribution in [0.3, 0.4) is 0 Å². The second-order valence-corrected chi connectivity index (χ2v) is 4.74. The van der Waals surface area contributed by atoms with E-state index in [1.165, 1.54) is 6.07 Å². The summed E-state index contributed by atoms with van der Waals surface area (Å²) in [5.74, 6) is 1.10. The van der Waals surface area contributed by atoms with Crippen LogP contribution in [0.1, 0.15) is 17.9 Å². The standard InChI is InChI=1S/C17H20FNO2/c1-20-16-8-4-5-9-17(16)21-11-10-13(12-19)14-6-2-3-7-15(14)18/h2-9,13H,10-12,19H2,1H3. The van der Waals surface area contributed by atoms with Crippen LogP contribution in [0.25, 0.3) is 0 Å². The van der Waals surface area contributed by atoms with Crippen molar-refractivity contribution in [3.8, 4) is 11.5 Å². The molecule has 0 radical (unpaired) electrons. The van der Waals surface area contributed by atoms with E-state index >= 15 is 0 Å². The zero-order valence-electron chi connectivity index (χ0n) is 12.1. The van der Waals surface area contributed by atoms with Crippen LogP contribution >= 0.6 is 0 Å².